The molecule has 0 aliphatic carbocycles. The van der Waals surface area contributed by atoms with Crippen molar-refractivity contribution in [3.05, 3.63) is 95.5 Å². The Balaban J connectivity index is 1.48. The second-order valence-electron chi connectivity index (χ2n) is 7.14. The predicted molar refractivity (Wildman–Crippen MR) is 130 cm³/mol. The zero-order valence-electron chi connectivity index (χ0n) is 18.6. The molecule has 1 heterocycles. The summed E-state index contributed by atoms with van der Waals surface area (Å²) in [6, 6.07) is 23.3. The van der Waals surface area contributed by atoms with E-state index in [0.29, 0.717) is 39.3 Å². The lowest BCUT2D eigenvalue weighted by atomic mass is 10.2. The highest BCUT2D eigenvalue weighted by atomic mass is 32.1. The molecule has 0 aliphatic rings. The van der Waals surface area contributed by atoms with Crippen molar-refractivity contribution in [1.82, 2.24) is 4.98 Å². The van der Waals surface area contributed by atoms with Crippen LogP contribution in [0.4, 0.5) is 10.8 Å². The Morgan fingerprint density at radius 1 is 0.912 bits per heavy atom. The van der Waals surface area contributed by atoms with Gasteiger partial charge in [0.1, 0.15) is 29.4 Å². The molecule has 1 aromatic heterocycles. The van der Waals surface area contributed by atoms with E-state index in [2.05, 4.69) is 4.98 Å². The third-order valence-corrected chi connectivity index (χ3v) is 5.68. The van der Waals surface area contributed by atoms with Crippen LogP contribution in [0.2, 0.25) is 0 Å². The van der Waals surface area contributed by atoms with Crippen LogP contribution in [0.1, 0.15) is 23.0 Å². The van der Waals surface area contributed by atoms with E-state index in [1.54, 1.807) is 61.0 Å². The van der Waals surface area contributed by atoms with Gasteiger partial charge in [-0.1, -0.05) is 42.5 Å². The summed E-state index contributed by atoms with van der Waals surface area (Å²) in [4.78, 5) is 31.1. The van der Waals surface area contributed by atoms with Crippen molar-refractivity contribution < 1.29 is 23.8 Å². The van der Waals surface area contributed by atoms with Gasteiger partial charge >= 0.3 is 5.97 Å². The maximum absolute atomic E-state index is 12.8. The van der Waals surface area contributed by atoms with Crippen LogP contribution in [0.25, 0.3) is 0 Å². The van der Waals surface area contributed by atoms with Crippen molar-refractivity contribution in [1.29, 1.82) is 0 Å². The normalized spacial score (nSPS) is 10.4. The molecule has 1 amide bonds. The molecule has 0 spiro atoms. The molecule has 0 aliphatic heterocycles. The first-order valence-electron chi connectivity index (χ1n) is 10.4. The van der Waals surface area contributed by atoms with Gasteiger partial charge < -0.3 is 14.2 Å². The van der Waals surface area contributed by atoms with E-state index in [4.69, 9.17) is 14.2 Å². The van der Waals surface area contributed by atoms with E-state index in [9.17, 15) is 9.59 Å². The number of esters is 1. The van der Waals surface area contributed by atoms with Gasteiger partial charge in [-0.05, 0) is 36.4 Å². The van der Waals surface area contributed by atoms with Crippen LogP contribution in [-0.4, -0.2) is 24.0 Å². The molecular formula is C26H22N2O5S. The summed E-state index contributed by atoms with van der Waals surface area (Å²) >= 11 is 1.27. The molecule has 8 heteroatoms. The Labute approximate surface area is 201 Å². The predicted octanol–water partition coefficient (Wildman–Crippen LogP) is 5.99. The summed E-state index contributed by atoms with van der Waals surface area (Å²) in [6.07, 6.45) is 0. The third-order valence-electron chi connectivity index (χ3n) is 4.80. The fourth-order valence-electron chi connectivity index (χ4n) is 3.24. The molecule has 7 nitrogen and oxygen atoms in total. The summed E-state index contributed by atoms with van der Waals surface area (Å²) in [6.45, 7) is 1.41. The molecule has 34 heavy (non-hydrogen) atoms. The van der Waals surface area contributed by atoms with Crippen molar-refractivity contribution in [2.24, 2.45) is 0 Å². The molecule has 0 fully saturated rings. The van der Waals surface area contributed by atoms with E-state index in [1.807, 2.05) is 30.3 Å². The molecule has 0 atom stereocenters. The summed E-state index contributed by atoms with van der Waals surface area (Å²) in [5.41, 5.74) is 1.42. The first kappa shape index (κ1) is 23.0. The minimum absolute atomic E-state index is 0.0489. The molecule has 0 radical (unpaired) electrons. The number of thiazole rings is 1. The van der Waals surface area contributed by atoms with Crippen LogP contribution >= 0.6 is 11.3 Å². The van der Waals surface area contributed by atoms with Crippen molar-refractivity contribution >= 4 is 34.0 Å². The Morgan fingerprint density at radius 3 is 2.32 bits per heavy atom. The van der Waals surface area contributed by atoms with Gasteiger partial charge in [0.05, 0.1) is 18.5 Å². The molecule has 0 bridgehead atoms. The van der Waals surface area contributed by atoms with E-state index >= 15 is 0 Å². The van der Waals surface area contributed by atoms with Gasteiger partial charge in [-0.2, -0.15) is 0 Å². The summed E-state index contributed by atoms with van der Waals surface area (Å²) in [5, 5.41) is 2.20. The fourth-order valence-corrected chi connectivity index (χ4v) is 4.11. The highest BCUT2D eigenvalue weighted by Gasteiger charge is 2.22. The average Bonchev–Trinajstić information content (AvgIpc) is 3.32. The molecule has 0 saturated carbocycles. The van der Waals surface area contributed by atoms with Crippen molar-refractivity contribution in [3.8, 4) is 17.2 Å². The Kier molecular flexibility index (Phi) is 7.19. The van der Waals surface area contributed by atoms with Gasteiger partial charge in [0.2, 0.25) is 5.91 Å². The number of hydrogen-bond donors (Lipinski definition) is 0. The lowest BCUT2D eigenvalue weighted by Gasteiger charge is -2.20. The second-order valence-corrected chi connectivity index (χ2v) is 7.97. The standard InChI is InChI=1S/C26H22N2O5S/c1-18(29)28(22-13-7-9-15-24(22)31-2)26-27-19(17-34-26)16-32-25(30)21-12-6-8-14-23(21)33-20-10-4-3-5-11-20/h3-15,17H,16H2,1-2H3. The minimum Gasteiger partial charge on any atom is -0.495 e. The topological polar surface area (TPSA) is 78.0 Å². The zero-order chi connectivity index (χ0) is 23.9. The van der Waals surface area contributed by atoms with E-state index < -0.39 is 5.97 Å². The zero-order valence-corrected chi connectivity index (χ0v) is 19.5. The van der Waals surface area contributed by atoms with E-state index in [1.165, 1.54) is 23.2 Å². The third kappa shape index (κ3) is 5.24. The van der Waals surface area contributed by atoms with Crippen LogP contribution in [0, 0.1) is 0 Å². The molecule has 0 N–H and O–H groups in total. The van der Waals surface area contributed by atoms with Gasteiger partial charge in [0.15, 0.2) is 5.13 Å². The lowest BCUT2D eigenvalue weighted by molar-refractivity contribution is -0.115. The molecular weight excluding hydrogens is 452 g/mol. The fraction of sp³-hybridized carbons (Fsp3) is 0.115. The van der Waals surface area contributed by atoms with Crippen LogP contribution in [0.15, 0.2) is 84.2 Å². The molecule has 4 aromatic rings. The van der Waals surface area contributed by atoms with E-state index in [0.717, 1.165) is 0 Å². The largest absolute Gasteiger partial charge is 0.495 e. The SMILES string of the molecule is COc1ccccc1N(C(C)=O)c1nc(COC(=O)c2ccccc2Oc2ccccc2)cs1. The number of hydrogen-bond acceptors (Lipinski definition) is 7. The number of aromatic nitrogens is 1. The van der Waals surface area contributed by atoms with Gasteiger partial charge in [0, 0.05) is 12.3 Å². The highest BCUT2D eigenvalue weighted by Crippen LogP contribution is 2.35. The maximum Gasteiger partial charge on any atom is 0.342 e. The molecule has 0 saturated heterocycles. The first-order chi connectivity index (χ1) is 16.6. The number of carbonyl (C=O) groups excluding carboxylic acids is 2. The quantitative estimate of drug-likeness (QED) is 0.292. The highest BCUT2D eigenvalue weighted by molar-refractivity contribution is 7.14. The van der Waals surface area contributed by atoms with Crippen molar-refractivity contribution in [3.63, 3.8) is 0 Å². The van der Waals surface area contributed by atoms with Crippen molar-refractivity contribution in [2.45, 2.75) is 13.5 Å². The van der Waals surface area contributed by atoms with Crippen LogP contribution in [0.3, 0.4) is 0 Å². The number of benzene rings is 3. The number of anilines is 2. The monoisotopic (exact) mass is 474 g/mol. The van der Waals surface area contributed by atoms with Gasteiger partial charge in [-0.3, -0.25) is 9.69 Å². The number of para-hydroxylation sites is 4. The maximum atomic E-state index is 12.8. The Hall–Kier alpha value is -4.17. The summed E-state index contributed by atoms with van der Waals surface area (Å²) < 4.78 is 16.7. The number of rotatable bonds is 8. The summed E-state index contributed by atoms with van der Waals surface area (Å²) in [5.74, 6) is 0.823. The number of ether oxygens (including phenoxy) is 3. The van der Waals surface area contributed by atoms with Gasteiger partial charge in [-0.15, -0.1) is 11.3 Å². The summed E-state index contributed by atoms with van der Waals surface area (Å²) in [7, 11) is 1.54. The van der Waals surface area contributed by atoms with Crippen molar-refractivity contribution in [2.75, 3.05) is 12.0 Å². The molecule has 4 rings (SSSR count). The average molecular weight is 475 g/mol. The van der Waals surface area contributed by atoms with Crippen LogP contribution < -0.4 is 14.4 Å². The number of nitrogens with zero attached hydrogens (tertiary/aromatic N) is 2. The number of methoxy groups -OCH3 is 1. The Morgan fingerprint density at radius 2 is 1.59 bits per heavy atom. The number of amides is 1. The first-order valence-corrected chi connectivity index (χ1v) is 11.3. The van der Waals surface area contributed by atoms with E-state index in [-0.39, 0.29) is 12.5 Å². The second kappa shape index (κ2) is 10.6. The minimum atomic E-state index is -0.533. The van der Waals surface area contributed by atoms with Crippen LogP contribution in [-0.2, 0) is 16.1 Å². The lowest BCUT2D eigenvalue weighted by Crippen LogP contribution is -2.23. The number of carbonyl (C=O) groups is 2. The molecule has 0 unspecified atom stereocenters. The van der Waals surface area contributed by atoms with Gasteiger partial charge in [0.25, 0.3) is 0 Å². The Bertz CT molecular complexity index is 1290. The molecule has 172 valence electrons. The van der Waals surface area contributed by atoms with Gasteiger partial charge in [-0.25, -0.2) is 9.78 Å². The molecule has 3 aromatic carbocycles. The smallest absolute Gasteiger partial charge is 0.342 e. The van der Waals surface area contributed by atoms with Crippen LogP contribution in [0.5, 0.6) is 17.2 Å².